The smallest absolute Gasteiger partial charge is 0.251 e. The topological polar surface area (TPSA) is 66.9 Å². The van der Waals surface area contributed by atoms with Crippen molar-refractivity contribution in [2.75, 3.05) is 5.32 Å². The standard InChI is InChI=1S/C28H28N4O/c1-19(2)22-12-10-21(11-13-22)17-29-28(33)24-8-5-9-25(15-24)32-27-16-26(30-18-31-27)23-7-4-6-20(3)14-23/h4-16,18-19H,17H2,1-3H3,(H,29,33)(H,30,31,32). The van der Waals surface area contributed by atoms with Gasteiger partial charge in [0.2, 0.25) is 0 Å². The van der Waals surface area contributed by atoms with Crippen molar-refractivity contribution in [3.05, 3.63) is 107 Å². The Kier molecular flexibility index (Phi) is 6.79. The average Bonchev–Trinajstić information content (AvgIpc) is 2.83. The van der Waals surface area contributed by atoms with Crippen molar-refractivity contribution in [1.29, 1.82) is 0 Å². The van der Waals surface area contributed by atoms with Gasteiger partial charge in [0, 0.05) is 29.4 Å². The Morgan fingerprint density at radius 2 is 1.70 bits per heavy atom. The first-order valence-corrected chi connectivity index (χ1v) is 11.1. The van der Waals surface area contributed by atoms with Gasteiger partial charge in [-0.05, 0) is 48.2 Å². The molecule has 33 heavy (non-hydrogen) atoms. The van der Waals surface area contributed by atoms with Gasteiger partial charge >= 0.3 is 0 Å². The molecule has 0 radical (unpaired) electrons. The second-order valence-electron chi connectivity index (χ2n) is 8.44. The summed E-state index contributed by atoms with van der Waals surface area (Å²) in [7, 11) is 0. The lowest BCUT2D eigenvalue weighted by Gasteiger charge is -2.10. The van der Waals surface area contributed by atoms with E-state index in [0.717, 1.165) is 22.5 Å². The first kappa shape index (κ1) is 22.2. The third-order valence-corrected chi connectivity index (χ3v) is 5.48. The van der Waals surface area contributed by atoms with Crippen molar-refractivity contribution in [2.24, 2.45) is 0 Å². The molecule has 4 aromatic rings. The minimum atomic E-state index is -0.116. The Hall–Kier alpha value is -3.99. The zero-order chi connectivity index (χ0) is 23.2. The van der Waals surface area contributed by atoms with Crippen LogP contribution in [0.3, 0.4) is 0 Å². The minimum absolute atomic E-state index is 0.116. The summed E-state index contributed by atoms with van der Waals surface area (Å²) in [5.41, 5.74) is 6.80. The molecular weight excluding hydrogens is 408 g/mol. The third-order valence-electron chi connectivity index (χ3n) is 5.48. The predicted molar refractivity (Wildman–Crippen MR) is 134 cm³/mol. The molecule has 0 atom stereocenters. The highest BCUT2D eigenvalue weighted by Crippen LogP contribution is 2.22. The molecule has 0 aliphatic carbocycles. The van der Waals surface area contributed by atoms with Gasteiger partial charge in [0.15, 0.2) is 0 Å². The highest BCUT2D eigenvalue weighted by molar-refractivity contribution is 5.95. The molecule has 5 nitrogen and oxygen atoms in total. The van der Waals surface area contributed by atoms with E-state index in [4.69, 9.17) is 0 Å². The molecule has 1 amide bonds. The Labute approximate surface area is 194 Å². The molecule has 0 saturated carbocycles. The van der Waals surface area contributed by atoms with Crippen LogP contribution in [0.25, 0.3) is 11.3 Å². The molecule has 0 aliphatic rings. The van der Waals surface area contributed by atoms with Crippen LogP contribution in [-0.4, -0.2) is 15.9 Å². The summed E-state index contributed by atoms with van der Waals surface area (Å²) in [6, 6.07) is 25.9. The van der Waals surface area contributed by atoms with E-state index in [1.54, 1.807) is 12.4 Å². The number of hydrogen-bond acceptors (Lipinski definition) is 4. The van der Waals surface area contributed by atoms with E-state index in [1.165, 1.54) is 11.1 Å². The Balaban J connectivity index is 1.42. The summed E-state index contributed by atoms with van der Waals surface area (Å²) in [6.45, 7) is 6.88. The molecule has 0 unspecified atom stereocenters. The molecule has 1 heterocycles. The van der Waals surface area contributed by atoms with Gasteiger partial charge in [0.1, 0.15) is 12.1 Å². The maximum Gasteiger partial charge on any atom is 0.251 e. The van der Waals surface area contributed by atoms with E-state index >= 15 is 0 Å². The third kappa shape index (κ3) is 5.83. The maximum absolute atomic E-state index is 12.7. The van der Waals surface area contributed by atoms with Gasteiger partial charge < -0.3 is 10.6 Å². The summed E-state index contributed by atoms with van der Waals surface area (Å²) >= 11 is 0. The number of aryl methyl sites for hydroxylation is 1. The largest absolute Gasteiger partial charge is 0.348 e. The number of amides is 1. The van der Waals surface area contributed by atoms with E-state index in [0.29, 0.717) is 23.8 Å². The van der Waals surface area contributed by atoms with E-state index in [1.807, 2.05) is 36.4 Å². The van der Waals surface area contributed by atoms with Crippen molar-refractivity contribution in [3.63, 3.8) is 0 Å². The SMILES string of the molecule is Cc1cccc(-c2cc(Nc3cccc(C(=O)NCc4ccc(C(C)C)cc4)c3)ncn2)c1. The summed E-state index contributed by atoms with van der Waals surface area (Å²) in [5, 5.41) is 6.28. The van der Waals surface area contributed by atoms with Crippen LogP contribution in [0.2, 0.25) is 0 Å². The van der Waals surface area contributed by atoms with Gasteiger partial charge in [-0.1, -0.05) is 67.9 Å². The maximum atomic E-state index is 12.7. The molecule has 5 heteroatoms. The molecule has 0 fully saturated rings. The van der Waals surface area contributed by atoms with Crippen molar-refractivity contribution >= 4 is 17.4 Å². The first-order valence-electron chi connectivity index (χ1n) is 11.1. The van der Waals surface area contributed by atoms with E-state index < -0.39 is 0 Å². The molecule has 0 saturated heterocycles. The summed E-state index contributed by atoms with van der Waals surface area (Å²) < 4.78 is 0. The lowest BCUT2D eigenvalue weighted by atomic mass is 10.0. The molecule has 2 N–H and O–H groups in total. The second-order valence-corrected chi connectivity index (χ2v) is 8.44. The Morgan fingerprint density at radius 3 is 2.45 bits per heavy atom. The van der Waals surface area contributed by atoms with Gasteiger partial charge in [0.25, 0.3) is 5.91 Å². The first-order chi connectivity index (χ1) is 16.0. The fourth-order valence-corrected chi connectivity index (χ4v) is 3.58. The fraction of sp³-hybridized carbons (Fsp3) is 0.179. The Bertz CT molecular complexity index is 1250. The van der Waals surface area contributed by atoms with Crippen molar-refractivity contribution < 1.29 is 4.79 Å². The molecule has 0 spiro atoms. The van der Waals surface area contributed by atoms with Crippen LogP contribution in [0, 0.1) is 6.92 Å². The van der Waals surface area contributed by atoms with E-state index in [-0.39, 0.29) is 5.91 Å². The van der Waals surface area contributed by atoms with Gasteiger partial charge in [0.05, 0.1) is 5.69 Å². The quantitative estimate of drug-likeness (QED) is 0.359. The summed E-state index contributed by atoms with van der Waals surface area (Å²) in [5.74, 6) is 1.05. The Morgan fingerprint density at radius 1 is 0.909 bits per heavy atom. The number of aromatic nitrogens is 2. The number of nitrogens with one attached hydrogen (secondary N) is 2. The number of anilines is 2. The fourth-order valence-electron chi connectivity index (χ4n) is 3.58. The summed E-state index contributed by atoms with van der Waals surface area (Å²) in [6.07, 6.45) is 1.54. The van der Waals surface area contributed by atoms with Crippen LogP contribution in [-0.2, 0) is 6.54 Å². The van der Waals surface area contributed by atoms with Gasteiger partial charge in [-0.3, -0.25) is 4.79 Å². The van der Waals surface area contributed by atoms with Crippen LogP contribution in [0.5, 0.6) is 0 Å². The highest BCUT2D eigenvalue weighted by atomic mass is 16.1. The zero-order valence-electron chi connectivity index (χ0n) is 19.2. The van der Waals surface area contributed by atoms with E-state index in [2.05, 4.69) is 77.8 Å². The zero-order valence-corrected chi connectivity index (χ0v) is 19.2. The van der Waals surface area contributed by atoms with Crippen LogP contribution in [0.1, 0.15) is 46.8 Å². The van der Waals surface area contributed by atoms with Gasteiger partial charge in [-0.15, -0.1) is 0 Å². The van der Waals surface area contributed by atoms with Crippen LogP contribution < -0.4 is 10.6 Å². The number of rotatable bonds is 7. The number of carbonyl (C=O) groups is 1. The van der Waals surface area contributed by atoms with Crippen molar-refractivity contribution in [1.82, 2.24) is 15.3 Å². The molecular formula is C28H28N4O. The van der Waals surface area contributed by atoms with Crippen molar-refractivity contribution in [2.45, 2.75) is 33.2 Å². The van der Waals surface area contributed by atoms with Crippen LogP contribution in [0.4, 0.5) is 11.5 Å². The second kappa shape index (κ2) is 10.1. The normalized spacial score (nSPS) is 10.8. The lowest BCUT2D eigenvalue weighted by molar-refractivity contribution is 0.0951. The molecule has 0 aliphatic heterocycles. The summed E-state index contributed by atoms with van der Waals surface area (Å²) in [4.78, 5) is 21.4. The van der Waals surface area contributed by atoms with Crippen molar-refractivity contribution in [3.8, 4) is 11.3 Å². The molecule has 3 aromatic carbocycles. The monoisotopic (exact) mass is 436 g/mol. The van der Waals surface area contributed by atoms with Crippen LogP contribution in [0.15, 0.2) is 85.2 Å². The average molecular weight is 437 g/mol. The predicted octanol–water partition coefficient (Wildman–Crippen LogP) is 6.25. The van der Waals surface area contributed by atoms with E-state index in [9.17, 15) is 4.79 Å². The van der Waals surface area contributed by atoms with Gasteiger partial charge in [-0.25, -0.2) is 9.97 Å². The number of hydrogen-bond donors (Lipinski definition) is 2. The highest BCUT2D eigenvalue weighted by Gasteiger charge is 2.08. The molecule has 166 valence electrons. The molecule has 0 bridgehead atoms. The van der Waals surface area contributed by atoms with Gasteiger partial charge in [-0.2, -0.15) is 0 Å². The number of benzene rings is 3. The lowest BCUT2D eigenvalue weighted by Crippen LogP contribution is -2.22. The number of nitrogens with zero attached hydrogens (tertiary/aromatic N) is 2. The molecule has 1 aromatic heterocycles. The minimum Gasteiger partial charge on any atom is -0.348 e. The number of carbonyl (C=O) groups excluding carboxylic acids is 1. The van der Waals surface area contributed by atoms with Crippen LogP contribution >= 0.6 is 0 Å². The molecule has 4 rings (SSSR count).